The Morgan fingerprint density at radius 3 is 2.70 bits per heavy atom. The Kier molecular flexibility index (Phi) is 6.88. The van der Waals surface area contributed by atoms with E-state index < -0.39 is 11.7 Å². The molecule has 3 heterocycles. The number of hydrogen-bond donors (Lipinski definition) is 1. The Bertz CT molecular complexity index is 1150. The van der Waals surface area contributed by atoms with Crippen LogP contribution in [-0.2, 0) is 22.5 Å². The van der Waals surface area contributed by atoms with Crippen LogP contribution in [0.3, 0.4) is 0 Å². The highest BCUT2D eigenvalue weighted by atomic mass is 19.1. The van der Waals surface area contributed by atoms with Gasteiger partial charge in [0.2, 0.25) is 0 Å². The van der Waals surface area contributed by atoms with Crippen molar-refractivity contribution in [2.24, 2.45) is 5.92 Å². The van der Waals surface area contributed by atoms with E-state index >= 15 is 4.39 Å². The molecule has 8 nitrogen and oxygen atoms in total. The molecule has 0 saturated carbocycles. The number of rotatable bonds is 4. The third-order valence-corrected chi connectivity index (χ3v) is 7.10. The zero-order chi connectivity index (χ0) is 26.2. The summed E-state index contributed by atoms with van der Waals surface area (Å²) >= 11 is 0. The highest BCUT2D eigenvalue weighted by Gasteiger charge is 2.44. The summed E-state index contributed by atoms with van der Waals surface area (Å²) < 4.78 is 32.0. The van der Waals surface area contributed by atoms with Crippen LogP contribution in [0.25, 0.3) is 0 Å². The van der Waals surface area contributed by atoms with Crippen molar-refractivity contribution in [1.82, 2.24) is 10.2 Å². The number of fused-ring (bicyclic) bond motifs is 2. The number of nitrogens with zero attached hydrogens (tertiary/aromatic N) is 2. The normalized spacial score (nSPS) is 22.6. The first-order valence-electron chi connectivity index (χ1n) is 12.8. The van der Waals surface area contributed by atoms with Crippen molar-refractivity contribution in [1.29, 1.82) is 0 Å². The summed E-state index contributed by atoms with van der Waals surface area (Å²) in [6.07, 6.45) is 0.389. The minimum Gasteiger partial charge on any atom is -0.491 e. The summed E-state index contributed by atoms with van der Waals surface area (Å²) in [5, 5.41) is 2.78. The lowest BCUT2D eigenvalue weighted by atomic mass is 10.0. The van der Waals surface area contributed by atoms with Gasteiger partial charge in [-0.15, -0.1) is 0 Å². The Morgan fingerprint density at radius 1 is 1.16 bits per heavy atom. The molecule has 3 atom stereocenters. The van der Waals surface area contributed by atoms with Crippen molar-refractivity contribution >= 4 is 17.9 Å². The first-order chi connectivity index (χ1) is 17.7. The fraction of sp³-hybridized carbons (Fsp3) is 0.500. The molecule has 0 spiro atoms. The van der Waals surface area contributed by atoms with Crippen LogP contribution in [0.1, 0.15) is 38.3 Å². The van der Waals surface area contributed by atoms with Gasteiger partial charge in [-0.2, -0.15) is 0 Å². The van der Waals surface area contributed by atoms with Gasteiger partial charge in [0.15, 0.2) is 0 Å². The number of ether oxygens (including phenoxy) is 3. The van der Waals surface area contributed by atoms with Crippen LogP contribution in [0.15, 0.2) is 42.5 Å². The average molecular weight is 512 g/mol. The Morgan fingerprint density at radius 2 is 1.95 bits per heavy atom. The Hall–Kier alpha value is -3.49. The molecule has 2 aromatic carbocycles. The lowest BCUT2D eigenvalue weighted by Gasteiger charge is -2.31. The number of nitrogens with one attached hydrogen (secondary N) is 1. The number of alkyl carbamates (subject to hydrolysis) is 1. The predicted molar refractivity (Wildman–Crippen MR) is 136 cm³/mol. The maximum absolute atomic E-state index is 15.3. The van der Waals surface area contributed by atoms with Gasteiger partial charge >= 0.3 is 12.2 Å². The van der Waals surface area contributed by atoms with E-state index in [0.29, 0.717) is 36.7 Å². The molecule has 37 heavy (non-hydrogen) atoms. The minimum atomic E-state index is -0.559. The first-order valence-corrected chi connectivity index (χ1v) is 12.8. The molecule has 9 heteroatoms. The summed E-state index contributed by atoms with van der Waals surface area (Å²) in [5.74, 6) is 0.459. The van der Waals surface area contributed by atoms with Crippen LogP contribution < -0.4 is 15.0 Å². The molecule has 2 unspecified atom stereocenters. The second kappa shape index (κ2) is 10.1. The molecule has 0 aromatic heterocycles. The van der Waals surface area contributed by atoms with Gasteiger partial charge in [-0.1, -0.05) is 30.3 Å². The van der Waals surface area contributed by atoms with Gasteiger partial charge in [0.25, 0.3) is 0 Å². The van der Waals surface area contributed by atoms with Gasteiger partial charge in [0.1, 0.15) is 30.4 Å². The van der Waals surface area contributed by atoms with Gasteiger partial charge in [0.05, 0.1) is 12.1 Å². The number of hydrogen-bond acceptors (Lipinski definition) is 6. The van der Waals surface area contributed by atoms with Gasteiger partial charge in [-0.05, 0) is 38.8 Å². The quantitative estimate of drug-likeness (QED) is 0.651. The minimum absolute atomic E-state index is 0.113. The molecule has 198 valence electrons. The molecule has 2 saturated heterocycles. The summed E-state index contributed by atoms with van der Waals surface area (Å²) in [6, 6.07) is 12.6. The Balaban J connectivity index is 1.20. The number of likely N-dealkylation sites (tertiary alicyclic amines) is 1. The molecule has 0 aliphatic carbocycles. The zero-order valence-electron chi connectivity index (χ0n) is 21.5. The van der Waals surface area contributed by atoms with E-state index in [2.05, 4.69) is 10.2 Å². The van der Waals surface area contributed by atoms with E-state index in [0.717, 1.165) is 24.2 Å². The molecule has 2 aromatic rings. The Labute approximate surface area is 216 Å². The molecule has 1 N–H and O–H groups in total. The van der Waals surface area contributed by atoms with E-state index in [9.17, 15) is 9.59 Å². The summed E-state index contributed by atoms with van der Waals surface area (Å²) in [7, 11) is 0. The monoisotopic (exact) mass is 511 g/mol. The number of carbonyl (C=O) groups excluding carboxylic acids is 2. The molecule has 3 aliphatic rings. The number of carbonyl (C=O) groups is 2. The van der Waals surface area contributed by atoms with Crippen LogP contribution in [0.5, 0.6) is 5.75 Å². The predicted octanol–water partition coefficient (Wildman–Crippen LogP) is 4.50. The van der Waals surface area contributed by atoms with Crippen molar-refractivity contribution in [3.05, 3.63) is 59.4 Å². The van der Waals surface area contributed by atoms with E-state index in [1.54, 1.807) is 4.90 Å². The number of benzene rings is 2. The van der Waals surface area contributed by atoms with E-state index in [4.69, 9.17) is 14.2 Å². The van der Waals surface area contributed by atoms with Crippen molar-refractivity contribution in [3.8, 4) is 5.75 Å². The molecule has 0 bridgehead atoms. The average Bonchev–Trinajstić information content (AvgIpc) is 3.44. The number of halogens is 1. The van der Waals surface area contributed by atoms with Crippen LogP contribution in [-0.4, -0.2) is 61.0 Å². The summed E-state index contributed by atoms with van der Waals surface area (Å²) in [5.41, 5.74) is 1.55. The third kappa shape index (κ3) is 5.76. The van der Waals surface area contributed by atoms with Crippen molar-refractivity contribution in [2.75, 3.05) is 31.1 Å². The summed E-state index contributed by atoms with van der Waals surface area (Å²) in [4.78, 5) is 28.7. The molecule has 3 aliphatic heterocycles. The van der Waals surface area contributed by atoms with Crippen LogP contribution in [0.4, 0.5) is 19.7 Å². The topological polar surface area (TPSA) is 80.3 Å². The summed E-state index contributed by atoms with van der Waals surface area (Å²) in [6.45, 7) is 7.97. The van der Waals surface area contributed by atoms with Gasteiger partial charge in [-0.3, -0.25) is 0 Å². The molecule has 2 amide bonds. The lowest BCUT2D eigenvalue weighted by Crippen LogP contribution is -2.43. The maximum atomic E-state index is 15.3. The van der Waals surface area contributed by atoms with E-state index in [1.807, 2.05) is 57.2 Å². The van der Waals surface area contributed by atoms with Crippen LogP contribution in [0.2, 0.25) is 0 Å². The van der Waals surface area contributed by atoms with Gasteiger partial charge < -0.3 is 29.3 Å². The smallest absolute Gasteiger partial charge is 0.410 e. The largest absolute Gasteiger partial charge is 0.491 e. The van der Waals surface area contributed by atoms with Gasteiger partial charge in [-0.25, -0.2) is 14.0 Å². The molecule has 2 fully saturated rings. The van der Waals surface area contributed by atoms with E-state index in [-0.39, 0.29) is 37.2 Å². The molecular weight excluding hydrogens is 477 g/mol. The lowest BCUT2D eigenvalue weighted by molar-refractivity contribution is 0.0284. The maximum Gasteiger partial charge on any atom is 0.410 e. The number of amides is 2. The third-order valence-electron chi connectivity index (χ3n) is 7.10. The highest BCUT2D eigenvalue weighted by Crippen LogP contribution is 2.39. The zero-order valence-corrected chi connectivity index (χ0v) is 21.5. The highest BCUT2D eigenvalue weighted by molar-refractivity contribution is 5.69. The number of anilines is 1. The second-order valence-corrected chi connectivity index (χ2v) is 11.0. The van der Waals surface area contributed by atoms with Gasteiger partial charge in [0, 0.05) is 49.3 Å². The second-order valence-electron chi connectivity index (χ2n) is 11.0. The molecular formula is C28H34FN3O5. The van der Waals surface area contributed by atoms with Crippen molar-refractivity contribution < 1.29 is 28.2 Å². The fourth-order valence-electron chi connectivity index (χ4n) is 5.37. The van der Waals surface area contributed by atoms with Crippen LogP contribution >= 0.6 is 0 Å². The molecule has 0 radical (unpaired) electrons. The standard InChI is InChI=1S/C28H34FN3O5/c1-28(2,3)37-27(34)31-14-19-9-10-32(24(19)15-31)21-12-23(29)22-11-20(17-35-25(22)13-21)30-26(33)36-16-18-7-5-4-6-8-18/h4-8,12-13,19-20,24H,9-11,14-17H2,1-3H3,(H,30,33)/t19?,20-,24?/m1/s1. The van der Waals surface area contributed by atoms with Crippen LogP contribution in [0, 0.1) is 11.7 Å². The fourth-order valence-corrected chi connectivity index (χ4v) is 5.37. The van der Waals surface area contributed by atoms with Crippen molar-refractivity contribution in [3.63, 3.8) is 0 Å². The van der Waals surface area contributed by atoms with Crippen molar-refractivity contribution in [2.45, 2.75) is 57.9 Å². The first kappa shape index (κ1) is 25.2. The molecule has 5 rings (SSSR count). The van der Waals surface area contributed by atoms with E-state index in [1.165, 1.54) is 6.07 Å². The SMILES string of the molecule is CC(C)(C)OC(=O)N1CC2CCN(c3cc(F)c4c(c3)OC[C@H](NC(=O)OCc3ccccc3)C4)C2C1.